The minimum absolute atomic E-state index is 0.112. The molecule has 0 bridgehead atoms. The van der Waals surface area contributed by atoms with Gasteiger partial charge in [-0.3, -0.25) is 9.20 Å². The molecule has 4 heterocycles. The molecule has 1 unspecified atom stereocenters. The molecule has 1 aliphatic heterocycles. The molecule has 8 nitrogen and oxygen atoms in total. The van der Waals surface area contributed by atoms with Gasteiger partial charge in [0, 0.05) is 36.3 Å². The molecule has 1 atom stereocenters. The van der Waals surface area contributed by atoms with Crippen molar-refractivity contribution < 1.29 is 18.0 Å². The fourth-order valence-corrected chi connectivity index (χ4v) is 4.83. The predicted molar refractivity (Wildman–Crippen MR) is 127 cm³/mol. The second kappa shape index (κ2) is 8.02. The second-order valence-corrected chi connectivity index (χ2v) is 9.45. The zero-order valence-corrected chi connectivity index (χ0v) is 19.0. The highest BCUT2D eigenvalue weighted by Gasteiger charge is 2.49. The molecule has 0 radical (unpaired) electrons. The minimum atomic E-state index is -4.53. The first-order chi connectivity index (χ1) is 17.2. The van der Waals surface area contributed by atoms with E-state index in [4.69, 9.17) is 10.7 Å². The highest BCUT2D eigenvalue weighted by molar-refractivity contribution is 6.04. The number of imidazole rings is 1. The second-order valence-electron chi connectivity index (χ2n) is 9.45. The molecule has 1 aromatic carbocycles. The first-order valence-corrected chi connectivity index (χ1v) is 11.5. The van der Waals surface area contributed by atoms with E-state index in [9.17, 15) is 18.0 Å². The maximum absolute atomic E-state index is 12.9. The summed E-state index contributed by atoms with van der Waals surface area (Å²) in [5.41, 5.74) is 8.09. The molecule has 2 aliphatic rings. The number of hydrogen-bond acceptors (Lipinski definition) is 6. The lowest BCUT2D eigenvalue weighted by molar-refractivity contribution is -0.137. The Hall–Kier alpha value is -3.99. The molecule has 1 saturated heterocycles. The molecule has 4 aromatic rings. The molecule has 184 valence electrons. The number of nitrogen functional groups attached to an aromatic ring is 1. The first kappa shape index (κ1) is 22.5. The van der Waals surface area contributed by atoms with Gasteiger partial charge in [-0.25, -0.2) is 15.0 Å². The van der Waals surface area contributed by atoms with Gasteiger partial charge in [0.15, 0.2) is 0 Å². The zero-order chi connectivity index (χ0) is 25.1. The van der Waals surface area contributed by atoms with Crippen LogP contribution in [-0.4, -0.2) is 31.8 Å². The predicted octanol–water partition coefficient (Wildman–Crippen LogP) is 4.46. The third-order valence-corrected chi connectivity index (χ3v) is 6.99. The summed E-state index contributed by atoms with van der Waals surface area (Å²) >= 11 is 0. The van der Waals surface area contributed by atoms with Gasteiger partial charge in [-0.05, 0) is 48.9 Å². The normalized spacial score (nSPS) is 18.6. The van der Waals surface area contributed by atoms with E-state index < -0.39 is 17.6 Å². The number of hydrogen-bond donors (Lipinski definition) is 3. The Balaban J connectivity index is 1.28. The summed E-state index contributed by atoms with van der Waals surface area (Å²) in [7, 11) is 0. The summed E-state index contributed by atoms with van der Waals surface area (Å²) in [4.78, 5) is 25.6. The van der Waals surface area contributed by atoms with Crippen LogP contribution in [0.15, 0.2) is 55.0 Å². The Kier molecular flexibility index (Phi) is 5.01. The van der Waals surface area contributed by atoms with Crippen LogP contribution in [0.4, 0.5) is 24.8 Å². The van der Waals surface area contributed by atoms with Crippen molar-refractivity contribution in [2.75, 3.05) is 17.6 Å². The smallest absolute Gasteiger partial charge is 0.382 e. The van der Waals surface area contributed by atoms with Crippen molar-refractivity contribution in [3.05, 3.63) is 71.9 Å². The van der Waals surface area contributed by atoms with Gasteiger partial charge in [0.25, 0.3) is 5.91 Å². The first-order valence-electron chi connectivity index (χ1n) is 11.5. The van der Waals surface area contributed by atoms with Crippen LogP contribution < -0.4 is 16.4 Å². The number of amides is 1. The van der Waals surface area contributed by atoms with Gasteiger partial charge in [-0.15, -0.1) is 0 Å². The highest BCUT2D eigenvalue weighted by atomic mass is 19.4. The standard InChI is InChI=1S/C25H22F3N7O/c26-25(27,28)16-5-8-30-18(11-16)33-23(36)15-3-1-14(2-4-15)19-20-21(29)31-9-10-35(20)22(34-19)17-12-24(6-7-24)13-32-17/h1-5,8-11,17,32H,6-7,12-13H2,(H2,29,31)(H,30,33,36). The van der Waals surface area contributed by atoms with Crippen LogP contribution in [0.2, 0.25) is 0 Å². The molecule has 4 N–H and O–H groups in total. The Morgan fingerprint density at radius 2 is 1.92 bits per heavy atom. The largest absolute Gasteiger partial charge is 0.416 e. The van der Waals surface area contributed by atoms with E-state index >= 15 is 0 Å². The lowest BCUT2D eigenvalue weighted by Gasteiger charge is -2.09. The number of aromatic nitrogens is 4. The molecule has 6 rings (SSSR count). The monoisotopic (exact) mass is 493 g/mol. The average molecular weight is 493 g/mol. The quantitative estimate of drug-likeness (QED) is 0.387. The van der Waals surface area contributed by atoms with Crippen LogP contribution in [0.25, 0.3) is 16.8 Å². The van der Waals surface area contributed by atoms with Gasteiger partial charge >= 0.3 is 6.18 Å². The summed E-state index contributed by atoms with van der Waals surface area (Å²) < 4.78 is 40.8. The van der Waals surface area contributed by atoms with Gasteiger partial charge < -0.3 is 16.4 Å². The van der Waals surface area contributed by atoms with Crippen molar-refractivity contribution in [3.8, 4) is 11.3 Å². The third-order valence-electron chi connectivity index (χ3n) is 6.99. The number of alkyl halides is 3. The molecule has 1 saturated carbocycles. The Morgan fingerprint density at radius 3 is 2.61 bits per heavy atom. The van der Waals surface area contributed by atoms with E-state index in [1.165, 1.54) is 12.8 Å². The van der Waals surface area contributed by atoms with Gasteiger partial charge in [0.2, 0.25) is 0 Å². The van der Waals surface area contributed by atoms with E-state index in [0.29, 0.717) is 22.4 Å². The topological polar surface area (TPSA) is 110 Å². The molecule has 11 heteroatoms. The Morgan fingerprint density at radius 1 is 1.14 bits per heavy atom. The summed E-state index contributed by atoms with van der Waals surface area (Å²) in [5.74, 6) is 0.466. The number of rotatable bonds is 4. The molecule has 1 aliphatic carbocycles. The van der Waals surface area contributed by atoms with Gasteiger partial charge in [0.1, 0.15) is 28.7 Å². The Labute approximate surface area is 203 Å². The molecule has 2 fully saturated rings. The number of carbonyl (C=O) groups excluding carboxylic acids is 1. The van der Waals surface area contributed by atoms with Crippen molar-refractivity contribution in [1.82, 2.24) is 24.7 Å². The SMILES string of the molecule is Nc1nccn2c(C3CC4(CC4)CN3)nc(-c3ccc(C(=O)Nc4cc(C(F)(F)F)ccn4)cc3)c12. The molecular weight excluding hydrogens is 471 g/mol. The van der Waals surface area contributed by atoms with Crippen LogP contribution >= 0.6 is 0 Å². The van der Waals surface area contributed by atoms with Crippen molar-refractivity contribution in [3.63, 3.8) is 0 Å². The van der Waals surface area contributed by atoms with E-state index in [-0.39, 0.29) is 17.4 Å². The Bertz CT molecular complexity index is 1480. The number of anilines is 2. The van der Waals surface area contributed by atoms with Crippen molar-refractivity contribution in [2.45, 2.75) is 31.5 Å². The number of fused-ring (bicyclic) bond motifs is 1. The average Bonchev–Trinajstić information content (AvgIpc) is 3.30. The number of nitrogens with one attached hydrogen (secondary N) is 2. The van der Waals surface area contributed by atoms with Crippen molar-refractivity contribution >= 4 is 23.1 Å². The summed E-state index contributed by atoms with van der Waals surface area (Å²) in [6.45, 7) is 0.979. The summed E-state index contributed by atoms with van der Waals surface area (Å²) in [5, 5.41) is 6.00. The van der Waals surface area contributed by atoms with E-state index in [2.05, 4.69) is 20.6 Å². The van der Waals surface area contributed by atoms with Gasteiger partial charge in [-0.1, -0.05) is 12.1 Å². The van der Waals surface area contributed by atoms with Crippen molar-refractivity contribution in [1.29, 1.82) is 0 Å². The molecule has 3 aromatic heterocycles. The maximum atomic E-state index is 12.9. The lowest BCUT2D eigenvalue weighted by atomic mass is 10.0. The molecule has 36 heavy (non-hydrogen) atoms. The van der Waals surface area contributed by atoms with Crippen LogP contribution in [0.3, 0.4) is 0 Å². The highest BCUT2D eigenvalue weighted by Crippen LogP contribution is 2.55. The maximum Gasteiger partial charge on any atom is 0.416 e. The number of halogens is 3. The van der Waals surface area contributed by atoms with E-state index in [1.807, 2.05) is 10.6 Å². The zero-order valence-electron chi connectivity index (χ0n) is 19.0. The fourth-order valence-electron chi connectivity index (χ4n) is 4.83. The molecule has 1 amide bonds. The summed E-state index contributed by atoms with van der Waals surface area (Å²) in [6.07, 6.45) is 3.46. The number of pyridine rings is 1. The van der Waals surface area contributed by atoms with Crippen LogP contribution in [0.5, 0.6) is 0 Å². The summed E-state index contributed by atoms with van der Waals surface area (Å²) in [6, 6.07) is 8.39. The van der Waals surface area contributed by atoms with Crippen molar-refractivity contribution in [2.24, 2.45) is 5.41 Å². The lowest BCUT2D eigenvalue weighted by Crippen LogP contribution is -2.16. The van der Waals surface area contributed by atoms with Gasteiger partial charge in [-0.2, -0.15) is 13.2 Å². The van der Waals surface area contributed by atoms with E-state index in [1.54, 1.807) is 30.5 Å². The number of benzene rings is 1. The van der Waals surface area contributed by atoms with E-state index in [0.717, 1.165) is 42.7 Å². The minimum Gasteiger partial charge on any atom is -0.382 e. The fraction of sp³-hybridized carbons (Fsp3) is 0.280. The molecule has 1 spiro atoms. The number of carbonyl (C=O) groups is 1. The number of nitrogens with zero attached hydrogens (tertiary/aromatic N) is 4. The molecular formula is C25H22F3N7O. The van der Waals surface area contributed by atoms with Crippen LogP contribution in [0.1, 0.15) is 47.1 Å². The van der Waals surface area contributed by atoms with Crippen LogP contribution in [0, 0.1) is 5.41 Å². The third kappa shape index (κ3) is 3.95. The number of nitrogens with two attached hydrogens (primary N) is 1. The van der Waals surface area contributed by atoms with Crippen LogP contribution in [-0.2, 0) is 6.18 Å². The van der Waals surface area contributed by atoms with Gasteiger partial charge in [0.05, 0.1) is 11.6 Å².